The van der Waals surface area contributed by atoms with Gasteiger partial charge in [-0.15, -0.1) is 0 Å². The molecule has 0 radical (unpaired) electrons. The van der Waals surface area contributed by atoms with Crippen molar-refractivity contribution < 1.29 is 20.1 Å². The molecule has 0 saturated carbocycles. The van der Waals surface area contributed by atoms with E-state index in [1.807, 2.05) is 6.08 Å². The number of aliphatic hydroxyl groups excluding tert-OH is 3. The van der Waals surface area contributed by atoms with Gasteiger partial charge in [0.2, 0.25) is 5.91 Å². The fraction of sp³-hybridized carbons (Fsp3) is 0.873. The molecular formula is C55H105NO4. The van der Waals surface area contributed by atoms with Gasteiger partial charge in [0.1, 0.15) is 0 Å². The van der Waals surface area contributed by atoms with Crippen LogP contribution in [0.5, 0.6) is 0 Å². The Hall–Kier alpha value is -1.43. The Morgan fingerprint density at radius 2 is 0.750 bits per heavy atom. The Bertz CT molecular complexity index is 931. The van der Waals surface area contributed by atoms with Crippen LogP contribution in [0.1, 0.15) is 284 Å². The quantitative estimate of drug-likeness (QED) is 0.0363. The molecule has 4 N–H and O–H groups in total. The van der Waals surface area contributed by atoms with Crippen molar-refractivity contribution in [2.24, 2.45) is 0 Å². The summed E-state index contributed by atoms with van der Waals surface area (Å²) in [5.41, 5.74) is 0. The van der Waals surface area contributed by atoms with Gasteiger partial charge >= 0.3 is 0 Å². The van der Waals surface area contributed by atoms with Gasteiger partial charge in [0.25, 0.3) is 0 Å². The van der Waals surface area contributed by atoms with Crippen LogP contribution in [0.2, 0.25) is 0 Å². The van der Waals surface area contributed by atoms with Gasteiger partial charge in [-0.25, -0.2) is 0 Å². The van der Waals surface area contributed by atoms with Crippen LogP contribution in [0, 0.1) is 0 Å². The highest BCUT2D eigenvalue weighted by Gasteiger charge is 2.20. The maximum absolute atomic E-state index is 12.5. The van der Waals surface area contributed by atoms with E-state index < -0.39 is 18.2 Å². The number of carbonyl (C=O) groups is 1. The van der Waals surface area contributed by atoms with Crippen molar-refractivity contribution >= 4 is 5.91 Å². The lowest BCUT2D eigenvalue weighted by molar-refractivity contribution is -0.124. The lowest BCUT2D eigenvalue weighted by atomic mass is 10.0. The maximum atomic E-state index is 12.5. The number of rotatable bonds is 49. The van der Waals surface area contributed by atoms with E-state index in [1.54, 1.807) is 6.08 Å². The van der Waals surface area contributed by atoms with E-state index in [4.69, 9.17) is 0 Å². The van der Waals surface area contributed by atoms with Crippen molar-refractivity contribution in [2.45, 2.75) is 302 Å². The summed E-state index contributed by atoms with van der Waals surface area (Å²) in [7, 11) is 0. The Morgan fingerprint density at radius 3 is 1.10 bits per heavy atom. The zero-order valence-corrected chi connectivity index (χ0v) is 40.4. The average molecular weight is 844 g/mol. The lowest BCUT2D eigenvalue weighted by Gasteiger charge is -2.21. The first-order chi connectivity index (χ1) is 29.5. The molecule has 0 rings (SSSR count). The second-order valence-corrected chi connectivity index (χ2v) is 18.5. The molecule has 0 aromatic heterocycles. The molecule has 0 aromatic rings. The largest absolute Gasteiger partial charge is 0.394 e. The molecule has 5 heteroatoms. The van der Waals surface area contributed by atoms with Gasteiger partial charge in [0.15, 0.2) is 0 Å². The van der Waals surface area contributed by atoms with Crippen LogP contribution >= 0.6 is 0 Å². The van der Waals surface area contributed by atoms with Crippen LogP contribution in [0.3, 0.4) is 0 Å². The van der Waals surface area contributed by atoms with Gasteiger partial charge in [-0.1, -0.05) is 262 Å². The van der Waals surface area contributed by atoms with E-state index in [9.17, 15) is 20.1 Å². The summed E-state index contributed by atoms with van der Waals surface area (Å²) >= 11 is 0. The monoisotopic (exact) mass is 844 g/mol. The molecule has 0 aromatic carbocycles. The minimum atomic E-state index is -0.929. The fourth-order valence-electron chi connectivity index (χ4n) is 8.31. The number of amides is 1. The standard InChI is InChI=1S/C55H105NO4/c1-3-5-7-9-11-13-15-17-19-21-23-24-25-26-27-28-29-30-31-32-34-36-38-40-42-44-46-48-52(58)50-55(60)56-53(51-57)54(59)49-47-45-43-41-39-37-35-33-22-20-18-16-14-12-10-8-6-4-2/h23-24,26-27,47,49,52-54,57-59H,3-22,25,28-46,48,50-51H2,1-2H3,(H,56,60)/b24-23-,27-26-,49-47+. The van der Waals surface area contributed by atoms with Crippen LogP contribution in [-0.2, 0) is 4.79 Å². The van der Waals surface area contributed by atoms with Crippen LogP contribution in [0.15, 0.2) is 36.5 Å². The zero-order chi connectivity index (χ0) is 43.7. The molecule has 0 fully saturated rings. The molecule has 0 aliphatic heterocycles. The number of unbranched alkanes of at least 4 members (excludes halogenated alkanes) is 36. The van der Waals surface area contributed by atoms with Crippen molar-refractivity contribution in [3.05, 3.63) is 36.5 Å². The molecule has 0 heterocycles. The van der Waals surface area contributed by atoms with Crippen molar-refractivity contribution in [3.8, 4) is 0 Å². The van der Waals surface area contributed by atoms with Gasteiger partial charge in [0.05, 0.1) is 31.3 Å². The molecule has 3 unspecified atom stereocenters. The fourth-order valence-corrected chi connectivity index (χ4v) is 8.31. The predicted molar refractivity (Wildman–Crippen MR) is 264 cm³/mol. The minimum Gasteiger partial charge on any atom is -0.394 e. The first-order valence-electron chi connectivity index (χ1n) is 26.8. The van der Waals surface area contributed by atoms with Gasteiger partial charge in [-0.2, -0.15) is 0 Å². The van der Waals surface area contributed by atoms with Crippen molar-refractivity contribution in [3.63, 3.8) is 0 Å². The topological polar surface area (TPSA) is 89.8 Å². The minimum absolute atomic E-state index is 0.0131. The molecule has 0 aliphatic carbocycles. The van der Waals surface area contributed by atoms with Crippen molar-refractivity contribution in [2.75, 3.05) is 6.61 Å². The Labute approximate surface area is 374 Å². The van der Waals surface area contributed by atoms with Gasteiger partial charge < -0.3 is 20.6 Å². The smallest absolute Gasteiger partial charge is 0.222 e. The number of allylic oxidation sites excluding steroid dienone is 5. The maximum Gasteiger partial charge on any atom is 0.222 e. The molecule has 354 valence electrons. The first-order valence-corrected chi connectivity index (χ1v) is 26.8. The van der Waals surface area contributed by atoms with Crippen LogP contribution in [0.4, 0.5) is 0 Å². The summed E-state index contributed by atoms with van der Waals surface area (Å²) in [5.74, 6) is -0.314. The summed E-state index contributed by atoms with van der Waals surface area (Å²) in [6.45, 7) is 4.24. The van der Waals surface area contributed by atoms with Crippen molar-refractivity contribution in [1.29, 1.82) is 0 Å². The third kappa shape index (κ3) is 46.1. The average Bonchev–Trinajstić information content (AvgIpc) is 3.24. The molecule has 1 amide bonds. The number of aliphatic hydroxyl groups is 3. The van der Waals surface area contributed by atoms with E-state index in [2.05, 4.69) is 43.5 Å². The summed E-state index contributed by atoms with van der Waals surface area (Å²) in [4.78, 5) is 12.5. The predicted octanol–water partition coefficient (Wildman–Crippen LogP) is 16.3. The van der Waals surface area contributed by atoms with Crippen LogP contribution in [0.25, 0.3) is 0 Å². The SMILES string of the molecule is CCCCCCCCCCC/C=C\C/C=C\CCCCCCCCCCCCCC(O)CC(=O)NC(CO)C(O)/C=C/CCCCCCCCCCCCCCCCCC. The molecule has 0 bridgehead atoms. The van der Waals surface area contributed by atoms with Crippen LogP contribution < -0.4 is 5.32 Å². The molecule has 5 nitrogen and oxygen atoms in total. The van der Waals surface area contributed by atoms with E-state index >= 15 is 0 Å². The second-order valence-electron chi connectivity index (χ2n) is 18.5. The third-order valence-corrected chi connectivity index (χ3v) is 12.4. The summed E-state index contributed by atoms with van der Waals surface area (Å²) in [5, 5.41) is 33.4. The van der Waals surface area contributed by atoms with E-state index in [1.165, 1.54) is 225 Å². The Kier molecular flexibility index (Phi) is 49.0. The highest BCUT2D eigenvalue weighted by Crippen LogP contribution is 2.17. The third-order valence-electron chi connectivity index (χ3n) is 12.4. The van der Waals surface area contributed by atoms with Gasteiger partial charge in [-0.05, 0) is 51.4 Å². The highest BCUT2D eigenvalue weighted by atomic mass is 16.3. The van der Waals surface area contributed by atoms with E-state index in [-0.39, 0.29) is 18.9 Å². The van der Waals surface area contributed by atoms with Crippen molar-refractivity contribution in [1.82, 2.24) is 5.32 Å². The van der Waals surface area contributed by atoms with Gasteiger partial charge in [-0.3, -0.25) is 4.79 Å². The Morgan fingerprint density at radius 1 is 0.433 bits per heavy atom. The molecule has 0 aliphatic rings. The number of hydrogen-bond donors (Lipinski definition) is 4. The second kappa shape index (κ2) is 50.2. The summed E-state index contributed by atoms with van der Waals surface area (Å²) in [6, 6.07) is -0.745. The number of hydrogen-bond acceptors (Lipinski definition) is 4. The van der Waals surface area contributed by atoms with Gasteiger partial charge in [0, 0.05) is 0 Å². The highest BCUT2D eigenvalue weighted by molar-refractivity contribution is 5.76. The zero-order valence-electron chi connectivity index (χ0n) is 40.4. The molecule has 60 heavy (non-hydrogen) atoms. The first kappa shape index (κ1) is 58.6. The molecule has 0 saturated heterocycles. The summed E-state index contributed by atoms with van der Waals surface area (Å²) in [6.07, 6.45) is 64.6. The number of nitrogens with one attached hydrogen (secondary N) is 1. The molecule has 3 atom stereocenters. The Balaban J connectivity index is 3.59. The lowest BCUT2D eigenvalue weighted by Crippen LogP contribution is -2.45. The van der Waals surface area contributed by atoms with E-state index in [0.29, 0.717) is 6.42 Å². The summed E-state index contributed by atoms with van der Waals surface area (Å²) < 4.78 is 0. The van der Waals surface area contributed by atoms with E-state index in [0.717, 1.165) is 32.1 Å². The normalized spacial score (nSPS) is 13.6. The molecular weight excluding hydrogens is 739 g/mol. The molecule has 0 spiro atoms. The number of carbonyl (C=O) groups excluding carboxylic acids is 1. The van der Waals surface area contributed by atoms with Crippen LogP contribution in [-0.4, -0.2) is 46.1 Å².